The summed E-state index contributed by atoms with van der Waals surface area (Å²) >= 11 is 0. The predicted molar refractivity (Wildman–Crippen MR) is 55.6 cm³/mol. The standard InChI is InChI=1S/C11H20F2O3/c1-11(12,13)10(14)8-16-7-4-9-2-5-15-6-3-9/h9-10,14H,2-8H2,1H3. The molecule has 0 aromatic heterocycles. The number of ether oxygens (including phenoxy) is 2. The minimum atomic E-state index is -3.08. The van der Waals surface area contributed by atoms with E-state index < -0.39 is 12.0 Å². The van der Waals surface area contributed by atoms with Crippen LogP contribution in [-0.2, 0) is 9.47 Å². The molecular formula is C11H20F2O3. The van der Waals surface area contributed by atoms with E-state index in [-0.39, 0.29) is 6.61 Å². The van der Waals surface area contributed by atoms with Gasteiger partial charge in [-0.1, -0.05) is 0 Å². The maximum Gasteiger partial charge on any atom is 0.272 e. The average Bonchev–Trinajstić information content (AvgIpc) is 2.24. The molecule has 0 aromatic rings. The predicted octanol–water partition coefficient (Wildman–Crippen LogP) is 1.84. The number of aliphatic hydroxyl groups is 1. The molecule has 1 fully saturated rings. The van der Waals surface area contributed by atoms with Gasteiger partial charge in [-0.2, -0.15) is 0 Å². The van der Waals surface area contributed by atoms with Crippen molar-refractivity contribution in [2.45, 2.75) is 38.2 Å². The lowest BCUT2D eigenvalue weighted by molar-refractivity contribution is -0.123. The molecule has 1 rings (SSSR count). The van der Waals surface area contributed by atoms with Crippen LogP contribution < -0.4 is 0 Å². The Morgan fingerprint density at radius 1 is 1.44 bits per heavy atom. The van der Waals surface area contributed by atoms with Crippen LogP contribution in [0.15, 0.2) is 0 Å². The van der Waals surface area contributed by atoms with Crippen molar-refractivity contribution in [2.75, 3.05) is 26.4 Å². The first-order valence-electron chi connectivity index (χ1n) is 5.71. The van der Waals surface area contributed by atoms with Gasteiger partial charge in [-0.05, 0) is 25.2 Å². The highest BCUT2D eigenvalue weighted by Crippen LogP contribution is 2.19. The summed E-state index contributed by atoms with van der Waals surface area (Å²) in [6, 6.07) is 0. The second kappa shape index (κ2) is 6.47. The van der Waals surface area contributed by atoms with Gasteiger partial charge in [0.15, 0.2) is 0 Å². The van der Waals surface area contributed by atoms with Gasteiger partial charge in [-0.25, -0.2) is 8.78 Å². The third kappa shape index (κ3) is 5.18. The Morgan fingerprint density at radius 2 is 2.06 bits per heavy atom. The Bertz CT molecular complexity index is 188. The Hall–Kier alpha value is -0.260. The molecule has 1 N–H and O–H groups in total. The highest BCUT2D eigenvalue weighted by Gasteiger charge is 2.32. The van der Waals surface area contributed by atoms with E-state index in [2.05, 4.69) is 0 Å². The highest BCUT2D eigenvalue weighted by atomic mass is 19.3. The van der Waals surface area contributed by atoms with Crippen molar-refractivity contribution in [2.24, 2.45) is 5.92 Å². The van der Waals surface area contributed by atoms with Crippen LogP contribution in [0.25, 0.3) is 0 Å². The molecular weight excluding hydrogens is 218 g/mol. The summed E-state index contributed by atoms with van der Waals surface area (Å²) in [5.41, 5.74) is 0. The van der Waals surface area contributed by atoms with Crippen molar-refractivity contribution in [3.05, 3.63) is 0 Å². The molecule has 1 atom stereocenters. The zero-order chi connectivity index (χ0) is 12.0. The van der Waals surface area contributed by atoms with E-state index >= 15 is 0 Å². The number of hydrogen-bond acceptors (Lipinski definition) is 3. The van der Waals surface area contributed by atoms with Crippen molar-refractivity contribution in [3.8, 4) is 0 Å². The molecule has 0 amide bonds. The molecule has 0 saturated carbocycles. The van der Waals surface area contributed by atoms with Gasteiger partial charge in [0.1, 0.15) is 6.10 Å². The van der Waals surface area contributed by atoms with E-state index in [9.17, 15) is 8.78 Å². The van der Waals surface area contributed by atoms with Crippen LogP contribution in [0.5, 0.6) is 0 Å². The molecule has 0 spiro atoms. The largest absolute Gasteiger partial charge is 0.384 e. The topological polar surface area (TPSA) is 38.7 Å². The van der Waals surface area contributed by atoms with Crippen molar-refractivity contribution in [3.63, 3.8) is 0 Å². The molecule has 0 bridgehead atoms. The number of halogens is 2. The summed E-state index contributed by atoms with van der Waals surface area (Å²) in [6.07, 6.45) is 1.17. The van der Waals surface area contributed by atoms with Crippen LogP contribution in [0.1, 0.15) is 26.2 Å². The summed E-state index contributed by atoms with van der Waals surface area (Å²) in [5.74, 6) is -2.52. The van der Waals surface area contributed by atoms with Gasteiger partial charge >= 0.3 is 0 Å². The van der Waals surface area contributed by atoms with E-state index in [0.29, 0.717) is 19.4 Å². The fourth-order valence-corrected chi connectivity index (χ4v) is 1.63. The zero-order valence-corrected chi connectivity index (χ0v) is 9.62. The first-order valence-corrected chi connectivity index (χ1v) is 5.71. The molecule has 1 heterocycles. The number of rotatable bonds is 6. The molecule has 1 aliphatic rings. The van der Waals surface area contributed by atoms with Gasteiger partial charge in [0.25, 0.3) is 5.92 Å². The normalized spacial score (nSPS) is 21.0. The molecule has 0 aliphatic carbocycles. The molecule has 96 valence electrons. The molecule has 0 radical (unpaired) electrons. The lowest BCUT2D eigenvalue weighted by Crippen LogP contribution is -2.34. The van der Waals surface area contributed by atoms with Gasteiger partial charge in [0.2, 0.25) is 0 Å². The number of hydrogen-bond donors (Lipinski definition) is 1. The first kappa shape index (κ1) is 13.8. The van der Waals surface area contributed by atoms with Crippen molar-refractivity contribution >= 4 is 0 Å². The van der Waals surface area contributed by atoms with Crippen LogP contribution in [0.2, 0.25) is 0 Å². The van der Waals surface area contributed by atoms with Gasteiger partial charge < -0.3 is 14.6 Å². The van der Waals surface area contributed by atoms with Crippen LogP contribution in [0, 0.1) is 5.92 Å². The fraction of sp³-hybridized carbons (Fsp3) is 1.00. The van der Waals surface area contributed by atoms with Gasteiger partial charge in [-0.15, -0.1) is 0 Å². The van der Waals surface area contributed by atoms with Crippen LogP contribution in [0.3, 0.4) is 0 Å². The van der Waals surface area contributed by atoms with E-state index in [4.69, 9.17) is 14.6 Å². The maximum atomic E-state index is 12.6. The molecule has 1 aliphatic heterocycles. The molecule has 1 saturated heterocycles. The van der Waals surface area contributed by atoms with Gasteiger partial charge in [0, 0.05) is 26.7 Å². The van der Waals surface area contributed by atoms with Crippen LogP contribution >= 0.6 is 0 Å². The van der Waals surface area contributed by atoms with Crippen LogP contribution in [-0.4, -0.2) is 43.6 Å². The first-order chi connectivity index (χ1) is 7.50. The third-order valence-corrected chi connectivity index (χ3v) is 2.87. The summed E-state index contributed by atoms with van der Waals surface area (Å²) in [4.78, 5) is 0. The lowest BCUT2D eigenvalue weighted by atomic mass is 9.97. The minimum Gasteiger partial charge on any atom is -0.384 e. The summed E-state index contributed by atoms with van der Waals surface area (Å²) < 4.78 is 35.4. The quantitative estimate of drug-likeness (QED) is 0.717. The minimum absolute atomic E-state index is 0.299. The average molecular weight is 238 g/mol. The lowest BCUT2D eigenvalue weighted by Gasteiger charge is -2.22. The Balaban J connectivity index is 2.02. The summed E-state index contributed by atoms with van der Waals surface area (Å²) in [6.45, 7) is 2.38. The monoisotopic (exact) mass is 238 g/mol. The second-order valence-corrected chi connectivity index (χ2v) is 4.39. The third-order valence-electron chi connectivity index (χ3n) is 2.87. The fourth-order valence-electron chi connectivity index (χ4n) is 1.63. The maximum absolute atomic E-state index is 12.6. The number of alkyl halides is 2. The van der Waals surface area contributed by atoms with Gasteiger partial charge in [0.05, 0.1) is 6.61 Å². The van der Waals surface area contributed by atoms with E-state index in [1.165, 1.54) is 0 Å². The van der Waals surface area contributed by atoms with E-state index in [1.807, 2.05) is 0 Å². The smallest absolute Gasteiger partial charge is 0.272 e. The van der Waals surface area contributed by atoms with Crippen molar-refractivity contribution in [1.29, 1.82) is 0 Å². The molecule has 3 nitrogen and oxygen atoms in total. The van der Waals surface area contributed by atoms with Crippen molar-refractivity contribution < 1.29 is 23.4 Å². The van der Waals surface area contributed by atoms with E-state index in [1.54, 1.807) is 0 Å². The summed E-state index contributed by atoms with van der Waals surface area (Å²) in [5, 5.41) is 9.03. The second-order valence-electron chi connectivity index (χ2n) is 4.39. The highest BCUT2D eigenvalue weighted by molar-refractivity contribution is 4.70. The Morgan fingerprint density at radius 3 is 2.62 bits per heavy atom. The summed E-state index contributed by atoms with van der Waals surface area (Å²) in [7, 11) is 0. The SMILES string of the molecule is CC(F)(F)C(O)COCCC1CCOCC1. The molecule has 1 unspecified atom stereocenters. The zero-order valence-electron chi connectivity index (χ0n) is 9.62. The van der Waals surface area contributed by atoms with Gasteiger partial charge in [-0.3, -0.25) is 0 Å². The molecule has 16 heavy (non-hydrogen) atoms. The van der Waals surface area contributed by atoms with E-state index in [0.717, 1.165) is 32.5 Å². The Kier molecular flexibility index (Phi) is 5.58. The molecule has 5 heteroatoms. The molecule has 0 aromatic carbocycles. The Labute approximate surface area is 94.7 Å². The van der Waals surface area contributed by atoms with Crippen LogP contribution in [0.4, 0.5) is 8.78 Å². The number of aliphatic hydroxyl groups excluding tert-OH is 1. The van der Waals surface area contributed by atoms with Crippen molar-refractivity contribution in [1.82, 2.24) is 0 Å².